The van der Waals surface area contributed by atoms with Crippen LogP contribution in [-0.2, 0) is 19.1 Å². The third kappa shape index (κ3) is 2.45. The predicted molar refractivity (Wildman–Crippen MR) is 96.4 cm³/mol. The van der Waals surface area contributed by atoms with Crippen molar-refractivity contribution in [1.29, 1.82) is 0 Å². The molecule has 0 radical (unpaired) electrons. The number of carboxylic acids is 1. The lowest BCUT2D eigenvalue weighted by Gasteiger charge is -2.64. The molecule has 26 heavy (non-hydrogen) atoms. The second kappa shape index (κ2) is 6.07. The Labute approximate surface area is 155 Å². The van der Waals surface area contributed by atoms with Crippen LogP contribution in [0, 0.1) is 33.5 Å². The highest BCUT2D eigenvalue weighted by molar-refractivity contribution is 5.78. The summed E-state index contributed by atoms with van der Waals surface area (Å²) < 4.78 is 5.03. The van der Waals surface area contributed by atoms with Crippen molar-refractivity contribution in [3.8, 4) is 0 Å². The first kappa shape index (κ1) is 19.4. The van der Waals surface area contributed by atoms with E-state index in [0.717, 1.165) is 32.0 Å². The number of carbonyl (C=O) groups excluding carboxylic acids is 2. The Kier molecular flexibility index (Phi) is 4.52. The fourth-order valence-electron chi connectivity index (χ4n) is 7.19. The van der Waals surface area contributed by atoms with Crippen LogP contribution in [0.1, 0.15) is 72.1 Å². The molecule has 6 atom stereocenters. The zero-order chi connectivity index (χ0) is 19.4. The number of aldehydes is 1. The average Bonchev–Trinajstić information content (AvgIpc) is 2.60. The van der Waals surface area contributed by atoms with Crippen LogP contribution in [0.2, 0.25) is 0 Å². The van der Waals surface area contributed by atoms with E-state index in [1.807, 2.05) is 13.8 Å². The SMILES string of the molecule is COC(=O)[C@@]1(C)CC[C@@H]2[C@](C=O)(CC[C@H]3[C@@]2(C)CCC[C@@]3(C)C(=O)O)C1. The molecule has 3 aliphatic carbocycles. The molecule has 0 aromatic rings. The fourth-order valence-corrected chi connectivity index (χ4v) is 7.19. The van der Waals surface area contributed by atoms with Gasteiger partial charge in [0.15, 0.2) is 0 Å². The van der Waals surface area contributed by atoms with Crippen molar-refractivity contribution in [1.82, 2.24) is 0 Å². The first-order chi connectivity index (χ1) is 12.1. The molecule has 3 fully saturated rings. The lowest BCUT2D eigenvalue weighted by molar-refractivity contribution is -0.192. The maximum Gasteiger partial charge on any atom is 0.311 e. The summed E-state index contributed by atoms with van der Waals surface area (Å²) in [6, 6.07) is 0. The van der Waals surface area contributed by atoms with E-state index >= 15 is 0 Å². The number of hydrogen-bond acceptors (Lipinski definition) is 4. The van der Waals surface area contributed by atoms with Gasteiger partial charge in [-0.1, -0.05) is 13.3 Å². The molecule has 1 N–H and O–H groups in total. The summed E-state index contributed by atoms with van der Waals surface area (Å²) in [5, 5.41) is 9.93. The monoisotopic (exact) mass is 364 g/mol. The summed E-state index contributed by atoms with van der Waals surface area (Å²) in [5.41, 5.74) is -2.05. The van der Waals surface area contributed by atoms with Gasteiger partial charge in [-0.3, -0.25) is 9.59 Å². The number of ether oxygens (including phenoxy) is 1. The zero-order valence-corrected chi connectivity index (χ0v) is 16.5. The van der Waals surface area contributed by atoms with Crippen molar-refractivity contribution in [2.24, 2.45) is 33.5 Å². The first-order valence-electron chi connectivity index (χ1n) is 9.86. The van der Waals surface area contributed by atoms with Crippen molar-refractivity contribution in [3.63, 3.8) is 0 Å². The second-order valence-corrected chi connectivity index (χ2v) is 9.84. The minimum Gasteiger partial charge on any atom is -0.481 e. The van der Waals surface area contributed by atoms with Crippen LogP contribution in [-0.4, -0.2) is 30.4 Å². The average molecular weight is 364 g/mol. The highest BCUT2D eigenvalue weighted by atomic mass is 16.5. The molecule has 3 rings (SSSR count). The lowest BCUT2D eigenvalue weighted by Crippen LogP contribution is -2.61. The summed E-state index contributed by atoms with van der Waals surface area (Å²) >= 11 is 0. The Morgan fingerprint density at radius 2 is 1.69 bits per heavy atom. The summed E-state index contributed by atoms with van der Waals surface area (Å²) in [5.74, 6) is -0.713. The van der Waals surface area contributed by atoms with Gasteiger partial charge in [0.05, 0.1) is 17.9 Å². The third-order valence-electron chi connectivity index (χ3n) is 8.47. The van der Waals surface area contributed by atoms with E-state index in [0.29, 0.717) is 25.7 Å². The van der Waals surface area contributed by atoms with Crippen LogP contribution in [0.4, 0.5) is 0 Å². The highest BCUT2D eigenvalue weighted by Gasteiger charge is 2.65. The molecule has 5 heteroatoms. The van der Waals surface area contributed by atoms with E-state index in [-0.39, 0.29) is 23.2 Å². The van der Waals surface area contributed by atoms with Gasteiger partial charge < -0.3 is 14.6 Å². The van der Waals surface area contributed by atoms with Crippen molar-refractivity contribution in [3.05, 3.63) is 0 Å². The quantitative estimate of drug-likeness (QED) is 0.608. The molecule has 0 aromatic heterocycles. The molecular formula is C21H32O5. The fraction of sp³-hybridized carbons (Fsp3) is 0.857. The summed E-state index contributed by atoms with van der Waals surface area (Å²) in [4.78, 5) is 36.8. The van der Waals surface area contributed by atoms with E-state index in [1.165, 1.54) is 7.11 Å². The highest BCUT2D eigenvalue weighted by Crippen LogP contribution is 2.68. The molecule has 0 heterocycles. The molecule has 5 nitrogen and oxygen atoms in total. The Bertz CT molecular complexity index is 630. The molecule has 3 saturated carbocycles. The number of carbonyl (C=O) groups is 3. The Hall–Kier alpha value is -1.39. The van der Waals surface area contributed by atoms with E-state index in [4.69, 9.17) is 4.74 Å². The maximum atomic E-state index is 12.4. The van der Waals surface area contributed by atoms with Gasteiger partial charge in [0, 0.05) is 5.41 Å². The molecule has 3 aliphatic rings. The molecule has 0 spiro atoms. The second-order valence-electron chi connectivity index (χ2n) is 9.84. The molecular weight excluding hydrogens is 332 g/mol. The number of hydrogen-bond donors (Lipinski definition) is 1. The van der Waals surface area contributed by atoms with E-state index in [2.05, 4.69) is 6.92 Å². The zero-order valence-electron chi connectivity index (χ0n) is 16.5. The van der Waals surface area contributed by atoms with Crippen LogP contribution in [0.5, 0.6) is 0 Å². The van der Waals surface area contributed by atoms with Gasteiger partial charge in [-0.25, -0.2) is 0 Å². The van der Waals surface area contributed by atoms with Gasteiger partial charge in [0.25, 0.3) is 0 Å². The number of carboxylic acid groups (broad SMARTS) is 1. The summed E-state index contributed by atoms with van der Waals surface area (Å²) in [7, 11) is 1.41. The van der Waals surface area contributed by atoms with Crippen molar-refractivity contribution in [2.45, 2.75) is 72.1 Å². The van der Waals surface area contributed by atoms with E-state index in [9.17, 15) is 19.5 Å². The van der Waals surface area contributed by atoms with Crippen LogP contribution in [0.25, 0.3) is 0 Å². The Balaban J connectivity index is 2.00. The standard InChI is InChI=1S/C21H32O5/c1-18(17(25)26-4)10-6-15-19(2)8-5-9-20(3,16(23)24)14(19)7-11-21(15,12-18)13-22/h13-15H,5-12H2,1-4H3,(H,23,24)/t14-,15-,18-,19+,20+,21+/m0/s1. The van der Waals surface area contributed by atoms with Crippen molar-refractivity contribution in [2.75, 3.05) is 7.11 Å². The van der Waals surface area contributed by atoms with Crippen LogP contribution in [0.15, 0.2) is 0 Å². The lowest BCUT2D eigenvalue weighted by atomic mass is 9.39. The summed E-state index contributed by atoms with van der Waals surface area (Å²) in [6.45, 7) is 6.02. The Morgan fingerprint density at radius 1 is 1.04 bits per heavy atom. The van der Waals surface area contributed by atoms with Gasteiger partial charge in [0.1, 0.15) is 6.29 Å². The molecule has 146 valence electrons. The number of rotatable bonds is 3. The third-order valence-corrected chi connectivity index (χ3v) is 8.47. The van der Waals surface area contributed by atoms with Gasteiger partial charge in [-0.15, -0.1) is 0 Å². The number of esters is 1. The van der Waals surface area contributed by atoms with Crippen molar-refractivity contribution < 1.29 is 24.2 Å². The minimum atomic E-state index is -0.717. The van der Waals surface area contributed by atoms with Crippen LogP contribution >= 0.6 is 0 Å². The molecule has 0 saturated heterocycles. The number of fused-ring (bicyclic) bond motifs is 3. The number of methoxy groups -OCH3 is 1. The summed E-state index contributed by atoms with van der Waals surface area (Å²) in [6.07, 6.45) is 7.08. The molecule has 0 aromatic carbocycles. The topological polar surface area (TPSA) is 80.7 Å². The number of aliphatic carboxylic acids is 1. The van der Waals surface area contributed by atoms with Gasteiger partial charge in [-0.2, -0.15) is 0 Å². The van der Waals surface area contributed by atoms with Crippen molar-refractivity contribution >= 4 is 18.2 Å². The van der Waals surface area contributed by atoms with E-state index < -0.39 is 22.2 Å². The molecule has 0 bridgehead atoms. The first-order valence-corrected chi connectivity index (χ1v) is 9.86. The van der Waals surface area contributed by atoms with Gasteiger partial charge >= 0.3 is 11.9 Å². The molecule has 0 aliphatic heterocycles. The minimum absolute atomic E-state index is 0.0850. The molecule has 0 amide bonds. The van der Waals surface area contributed by atoms with E-state index in [1.54, 1.807) is 0 Å². The van der Waals surface area contributed by atoms with Gasteiger partial charge in [0.2, 0.25) is 0 Å². The van der Waals surface area contributed by atoms with Gasteiger partial charge in [-0.05, 0) is 76.0 Å². The molecule has 0 unspecified atom stereocenters. The Morgan fingerprint density at radius 3 is 2.27 bits per heavy atom. The normalized spacial score (nSPS) is 48.0. The van der Waals surface area contributed by atoms with Crippen LogP contribution < -0.4 is 0 Å². The van der Waals surface area contributed by atoms with Crippen LogP contribution in [0.3, 0.4) is 0 Å². The predicted octanol–water partition coefficient (Wildman–Crippen LogP) is 3.84. The largest absolute Gasteiger partial charge is 0.481 e. The smallest absolute Gasteiger partial charge is 0.311 e. The maximum absolute atomic E-state index is 12.4.